The molecule has 0 aliphatic carbocycles. The predicted octanol–water partition coefficient (Wildman–Crippen LogP) is 4.96. The standard InChI is InChI=1S/C24H21Cl2N3O2/c1-16-19(9-10-22(27-16)17-5-3-2-4-6-17)23(30)28-11-13-29(14-12-28)24(31)20-8-7-18(25)15-21(20)26/h2-10,15H,11-14H2,1H3. The van der Waals surface area contributed by atoms with Gasteiger partial charge < -0.3 is 9.80 Å². The highest BCUT2D eigenvalue weighted by Gasteiger charge is 2.27. The van der Waals surface area contributed by atoms with Crippen molar-refractivity contribution in [3.63, 3.8) is 0 Å². The second kappa shape index (κ2) is 9.08. The topological polar surface area (TPSA) is 53.5 Å². The fourth-order valence-corrected chi connectivity index (χ4v) is 4.16. The van der Waals surface area contributed by atoms with Crippen molar-refractivity contribution in [3.8, 4) is 11.3 Å². The maximum Gasteiger partial charge on any atom is 0.255 e. The summed E-state index contributed by atoms with van der Waals surface area (Å²) in [5, 5.41) is 0.815. The van der Waals surface area contributed by atoms with Crippen LogP contribution in [-0.2, 0) is 0 Å². The maximum atomic E-state index is 13.1. The van der Waals surface area contributed by atoms with E-state index >= 15 is 0 Å². The zero-order valence-corrected chi connectivity index (χ0v) is 18.5. The Morgan fingerprint density at radius 3 is 1.97 bits per heavy atom. The van der Waals surface area contributed by atoms with E-state index in [9.17, 15) is 9.59 Å². The van der Waals surface area contributed by atoms with Gasteiger partial charge in [0.1, 0.15) is 0 Å². The van der Waals surface area contributed by atoms with E-state index in [1.54, 1.807) is 28.0 Å². The Hall–Kier alpha value is -2.89. The Balaban J connectivity index is 1.43. The Kier molecular flexibility index (Phi) is 6.25. The number of carbonyl (C=O) groups is 2. The van der Waals surface area contributed by atoms with E-state index in [0.717, 1.165) is 11.3 Å². The lowest BCUT2D eigenvalue weighted by Gasteiger charge is -2.35. The Bertz CT molecular complexity index is 1130. The third-order valence-electron chi connectivity index (χ3n) is 5.40. The van der Waals surface area contributed by atoms with Crippen LogP contribution in [0.15, 0.2) is 60.7 Å². The molecule has 5 nitrogen and oxygen atoms in total. The number of aryl methyl sites for hydroxylation is 1. The van der Waals surface area contributed by atoms with Crippen molar-refractivity contribution >= 4 is 35.0 Å². The monoisotopic (exact) mass is 453 g/mol. The number of carbonyl (C=O) groups excluding carboxylic acids is 2. The van der Waals surface area contributed by atoms with Crippen LogP contribution in [0.25, 0.3) is 11.3 Å². The van der Waals surface area contributed by atoms with Crippen molar-refractivity contribution in [2.75, 3.05) is 26.2 Å². The molecule has 7 heteroatoms. The van der Waals surface area contributed by atoms with E-state index in [2.05, 4.69) is 4.98 Å². The lowest BCUT2D eigenvalue weighted by Crippen LogP contribution is -2.50. The first-order valence-corrected chi connectivity index (χ1v) is 10.8. The smallest absolute Gasteiger partial charge is 0.255 e. The van der Waals surface area contributed by atoms with Gasteiger partial charge in [-0.1, -0.05) is 53.5 Å². The lowest BCUT2D eigenvalue weighted by atomic mass is 10.1. The average Bonchev–Trinajstić information content (AvgIpc) is 2.79. The van der Waals surface area contributed by atoms with E-state index < -0.39 is 0 Å². The minimum Gasteiger partial charge on any atom is -0.335 e. The molecule has 3 aromatic rings. The summed E-state index contributed by atoms with van der Waals surface area (Å²) in [5.74, 6) is -0.222. The third-order valence-corrected chi connectivity index (χ3v) is 5.95. The first-order chi connectivity index (χ1) is 14.9. The molecule has 31 heavy (non-hydrogen) atoms. The first kappa shape index (κ1) is 21.3. The number of hydrogen-bond donors (Lipinski definition) is 0. The number of pyridine rings is 1. The highest BCUT2D eigenvalue weighted by atomic mass is 35.5. The summed E-state index contributed by atoms with van der Waals surface area (Å²) in [6, 6.07) is 18.4. The van der Waals surface area contributed by atoms with Crippen LogP contribution >= 0.6 is 23.2 Å². The number of piperazine rings is 1. The molecule has 0 bridgehead atoms. The van der Waals surface area contributed by atoms with Gasteiger partial charge in [0.05, 0.1) is 27.5 Å². The van der Waals surface area contributed by atoms with Crippen LogP contribution in [0, 0.1) is 6.92 Å². The van der Waals surface area contributed by atoms with Gasteiger partial charge in [0, 0.05) is 36.8 Å². The van der Waals surface area contributed by atoms with Crippen LogP contribution in [0.2, 0.25) is 10.0 Å². The van der Waals surface area contributed by atoms with Crippen molar-refractivity contribution in [2.24, 2.45) is 0 Å². The molecule has 2 amide bonds. The Labute approximate surface area is 191 Å². The summed E-state index contributed by atoms with van der Waals surface area (Å²) >= 11 is 12.1. The van der Waals surface area contributed by atoms with E-state index in [1.165, 1.54) is 0 Å². The van der Waals surface area contributed by atoms with Gasteiger partial charge in [0.15, 0.2) is 0 Å². The summed E-state index contributed by atoms with van der Waals surface area (Å²) in [6.07, 6.45) is 0. The minimum absolute atomic E-state index is 0.0683. The Morgan fingerprint density at radius 2 is 1.39 bits per heavy atom. The summed E-state index contributed by atoms with van der Waals surface area (Å²) in [4.78, 5) is 33.9. The van der Waals surface area contributed by atoms with Crippen LogP contribution in [0.4, 0.5) is 0 Å². The van der Waals surface area contributed by atoms with Gasteiger partial charge in [0.2, 0.25) is 0 Å². The SMILES string of the molecule is Cc1nc(-c2ccccc2)ccc1C(=O)N1CCN(C(=O)c2ccc(Cl)cc2Cl)CC1. The van der Waals surface area contributed by atoms with Crippen molar-refractivity contribution < 1.29 is 9.59 Å². The molecule has 0 spiro atoms. The molecular formula is C24H21Cl2N3O2. The second-order valence-corrected chi connectivity index (χ2v) is 8.25. The van der Waals surface area contributed by atoms with Crippen LogP contribution in [0.1, 0.15) is 26.4 Å². The number of rotatable bonds is 3. The molecule has 2 heterocycles. The largest absolute Gasteiger partial charge is 0.335 e. The molecule has 0 unspecified atom stereocenters. The third kappa shape index (κ3) is 4.58. The minimum atomic E-state index is -0.154. The number of benzene rings is 2. The van der Waals surface area contributed by atoms with E-state index in [4.69, 9.17) is 23.2 Å². The first-order valence-electron chi connectivity index (χ1n) is 10.0. The fraction of sp³-hybridized carbons (Fsp3) is 0.208. The van der Waals surface area contributed by atoms with Crippen molar-refractivity contribution in [2.45, 2.75) is 6.92 Å². The summed E-state index contributed by atoms with van der Waals surface area (Å²) in [6.45, 7) is 3.64. The zero-order valence-electron chi connectivity index (χ0n) is 17.0. The number of amides is 2. The predicted molar refractivity (Wildman–Crippen MR) is 123 cm³/mol. The zero-order chi connectivity index (χ0) is 22.0. The van der Waals surface area contributed by atoms with Crippen LogP contribution in [-0.4, -0.2) is 52.8 Å². The van der Waals surface area contributed by atoms with Gasteiger partial charge in [-0.25, -0.2) is 0 Å². The molecular weight excluding hydrogens is 433 g/mol. The molecule has 1 saturated heterocycles. The van der Waals surface area contributed by atoms with Gasteiger partial charge in [0.25, 0.3) is 11.8 Å². The van der Waals surface area contributed by atoms with Crippen molar-refractivity contribution in [1.29, 1.82) is 0 Å². The molecule has 4 rings (SSSR count). The number of hydrogen-bond acceptors (Lipinski definition) is 3. The number of halogens is 2. The molecule has 1 aliphatic heterocycles. The van der Waals surface area contributed by atoms with E-state index in [1.807, 2.05) is 49.4 Å². The molecule has 0 radical (unpaired) electrons. The summed E-state index contributed by atoms with van der Waals surface area (Å²) < 4.78 is 0. The fourth-order valence-electron chi connectivity index (χ4n) is 3.67. The summed E-state index contributed by atoms with van der Waals surface area (Å²) in [5.41, 5.74) is 3.54. The molecule has 1 fully saturated rings. The van der Waals surface area contributed by atoms with Crippen LogP contribution in [0.3, 0.4) is 0 Å². The molecule has 1 aliphatic rings. The normalized spacial score (nSPS) is 13.9. The van der Waals surface area contributed by atoms with Crippen molar-refractivity contribution in [3.05, 3.63) is 87.5 Å². The van der Waals surface area contributed by atoms with Gasteiger partial charge >= 0.3 is 0 Å². The molecule has 0 N–H and O–H groups in total. The Morgan fingerprint density at radius 1 is 0.806 bits per heavy atom. The number of nitrogens with zero attached hydrogens (tertiary/aromatic N) is 3. The highest BCUT2D eigenvalue weighted by Crippen LogP contribution is 2.24. The van der Waals surface area contributed by atoms with Crippen molar-refractivity contribution in [1.82, 2.24) is 14.8 Å². The van der Waals surface area contributed by atoms with Crippen LogP contribution in [0.5, 0.6) is 0 Å². The van der Waals surface area contributed by atoms with Gasteiger partial charge in [-0.2, -0.15) is 0 Å². The van der Waals surface area contributed by atoms with E-state index in [0.29, 0.717) is 53.0 Å². The molecule has 0 saturated carbocycles. The molecule has 2 aromatic carbocycles. The number of aromatic nitrogens is 1. The molecule has 158 valence electrons. The lowest BCUT2D eigenvalue weighted by molar-refractivity contribution is 0.0535. The van der Waals surface area contributed by atoms with E-state index in [-0.39, 0.29) is 11.8 Å². The van der Waals surface area contributed by atoms with Gasteiger partial charge in [-0.3, -0.25) is 14.6 Å². The second-order valence-electron chi connectivity index (χ2n) is 7.40. The van der Waals surface area contributed by atoms with Gasteiger partial charge in [-0.15, -0.1) is 0 Å². The average molecular weight is 454 g/mol. The van der Waals surface area contributed by atoms with Gasteiger partial charge in [-0.05, 0) is 37.3 Å². The molecule has 0 atom stereocenters. The summed E-state index contributed by atoms with van der Waals surface area (Å²) in [7, 11) is 0. The maximum absolute atomic E-state index is 13.1. The van der Waals surface area contributed by atoms with Crippen LogP contribution < -0.4 is 0 Å². The molecule has 1 aromatic heterocycles. The quantitative estimate of drug-likeness (QED) is 0.562. The highest BCUT2D eigenvalue weighted by molar-refractivity contribution is 6.36.